The standard InChI is InChI=1S/C19H28N2O2S/c1-2-16-3-5-17(6-4-16)18(22)20-15-19(7-13-24-14-8-19)21-9-11-23-12-10-21/h3-6H,2,7-15H2,1H3,(H,20,22). The number of thioether (sulfide) groups is 1. The first kappa shape index (κ1) is 17.8. The molecule has 0 aromatic heterocycles. The summed E-state index contributed by atoms with van der Waals surface area (Å²) in [4.78, 5) is 15.1. The van der Waals surface area contributed by atoms with E-state index in [-0.39, 0.29) is 11.4 Å². The molecule has 132 valence electrons. The Morgan fingerprint density at radius 3 is 2.50 bits per heavy atom. The lowest BCUT2D eigenvalue weighted by atomic mass is 9.89. The Bertz CT molecular complexity index is 535. The van der Waals surface area contributed by atoms with Gasteiger partial charge in [-0.15, -0.1) is 0 Å². The number of hydrogen-bond donors (Lipinski definition) is 1. The van der Waals surface area contributed by atoms with Gasteiger partial charge >= 0.3 is 0 Å². The van der Waals surface area contributed by atoms with E-state index in [1.165, 1.54) is 17.1 Å². The number of morpholine rings is 1. The number of nitrogens with zero attached hydrogens (tertiary/aromatic N) is 1. The summed E-state index contributed by atoms with van der Waals surface area (Å²) in [6, 6.07) is 7.96. The zero-order chi connectivity index (χ0) is 16.8. The van der Waals surface area contributed by atoms with Gasteiger partial charge in [-0.25, -0.2) is 0 Å². The lowest BCUT2D eigenvalue weighted by Crippen LogP contribution is -2.60. The fourth-order valence-electron chi connectivity index (χ4n) is 3.63. The van der Waals surface area contributed by atoms with E-state index >= 15 is 0 Å². The molecule has 2 aliphatic rings. The molecule has 2 aliphatic heterocycles. The molecule has 0 saturated carbocycles. The van der Waals surface area contributed by atoms with Crippen molar-refractivity contribution in [3.8, 4) is 0 Å². The minimum absolute atomic E-state index is 0.0449. The molecular formula is C19H28N2O2S. The molecule has 2 fully saturated rings. The molecule has 4 nitrogen and oxygen atoms in total. The highest BCUT2D eigenvalue weighted by Gasteiger charge is 2.39. The van der Waals surface area contributed by atoms with Crippen LogP contribution in [0.1, 0.15) is 35.7 Å². The third-order valence-electron chi connectivity index (χ3n) is 5.31. The normalized spacial score (nSPS) is 21.4. The van der Waals surface area contributed by atoms with Gasteiger partial charge in [0.05, 0.1) is 13.2 Å². The van der Waals surface area contributed by atoms with Crippen molar-refractivity contribution in [3.05, 3.63) is 35.4 Å². The Hall–Kier alpha value is -1.04. The van der Waals surface area contributed by atoms with E-state index in [1.807, 2.05) is 36.0 Å². The summed E-state index contributed by atoms with van der Waals surface area (Å²) in [7, 11) is 0. The number of nitrogens with one attached hydrogen (secondary N) is 1. The molecule has 2 saturated heterocycles. The van der Waals surface area contributed by atoms with Crippen LogP contribution in [0.25, 0.3) is 0 Å². The van der Waals surface area contributed by atoms with Crippen LogP contribution < -0.4 is 5.32 Å². The van der Waals surface area contributed by atoms with Gasteiger partial charge in [-0.3, -0.25) is 9.69 Å². The predicted octanol–water partition coefficient (Wildman–Crippen LogP) is 2.58. The number of rotatable bonds is 5. The first-order valence-corrected chi connectivity index (χ1v) is 10.2. The molecule has 0 radical (unpaired) electrons. The molecule has 1 N–H and O–H groups in total. The smallest absolute Gasteiger partial charge is 0.251 e. The molecule has 1 aromatic rings. The summed E-state index contributed by atoms with van der Waals surface area (Å²) in [5.74, 6) is 2.40. The Morgan fingerprint density at radius 2 is 1.88 bits per heavy atom. The maximum Gasteiger partial charge on any atom is 0.251 e. The van der Waals surface area contributed by atoms with E-state index in [0.717, 1.165) is 57.7 Å². The number of amides is 1. The minimum Gasteiger partial charge on any atom is -0.379 e. The number of benzene rings is 1. The second kappa shape index (κ2) is 8.37. The third kappa shape index (κ3) is 4.13. The molecule has 24 heavy (non-hydrogen) atoms. The maximum atomic E-state index is 12.6. The van der Waals surface area contributed by atoms with Gasteiger partial charge in [0.2, 0.25) is 0 Å². The van der Waals surface area contributed by atoms with Gasteiger partial charge in [0.25, 0.3) is 5.91 Å². The molecule has 0 bridgehead atoms. The summed E-state index contributed by atoms with van der Waals surface area (Å²) in [6.07, 6.45) is 3.29. The summed E-state index contributed by atoms with van der Waals surface area (Å²) < 4.78 is 5.52. The summed E-state index contributed by atoms with van der Waals surface area (Å²) in [5, 5.41) is 3.21. The Labute approximate surface area is 149 Å². The first-order valence-electron chi connectivity index (χ1n) is 9.01. The van der Waals surface area contributed by atoms with Crippen LogP contribution in [-0.2, 0) is 11.2 Å². The van der Waals surface area contributed by atoms with E-state index in [2.05, 4.69) is 17.1 Å². The molecule has 0 aliphatic carbocycles. The van der Waals surface area contributed by atoms with E-state index < -0.39 is 0 Å². The Kier molecular flexibility index (Phi) is 6.19. The van der Waals surface area contributed by atoms with Crippen molar-refractivity contribution in [1.82, 2.24) is 10.2 Å². The third-order valence-corrected chi connectivity index (χ3v) is 6.29. The number of hydrogen-bond acceptors (Lipinski definition) is 4. The molecule has 2 heterocycles. The van der Waals surface area contributed by atoms with Crippen LogP contribution >= 0.6 is 11.8 Å². The van der Waals surface area contributed by atoms with Crippen LogP contribution in [0.2, 0.25) is 0 Å². The summed E-state index contributed by atoms with van der Waals surface area (Å²) >= 11 is 2.03. The van der Waals surface area contributed by atoms with Crippen LogP contribution in [0.3, 0.4) is 0 Å². The van der Waals surface area contributed by atoms with Crippen molar-refractivity contribution in [2.45, 2.75) is 31.7 Å². The zero-order valence-electron chi connectivity index (χ0n) is 14.6. The Balaban J connectivity index is 1.64. The molecule has 0 unspecified atom stereocenters. The molecule has 1 aromatic carbocycles. The summed E-state index contributed by atoms with van der Waals surface area (Å²) in [6.45, 7) is 6.43. The second-order valence-electron chi connectivity index (χ2n) is 6.67. The van der Waals surface area contributed by atoms with Crippen LogP contribution in [0.5, 0.6) is 0 Å². The minimum atomic E-state index is 0.0449. The topological polar surface area (TPSA) is 41.6 Å². The maximum absolute atomic E-state index is 12.6. The largest absolute Gasteiger partial charge is 0.379 e. The summed E-state index contributed by atoms with van der Waals surface area (Å²) in [5.41, 5.74) is 2.13. The quantitative estimate of drug-likeness (QED) is 0.888. The molecule has 0 atom stereocenters. The number of carbonyl (C=O) groups excluding carboxylic acids is 1. The average molecular weight is 349 g/mol. The van der Waals surface area contributed by atoms with Crippen molar-refractivity contribution in [2.24, 2.45) is 0 Å². The van der Waals surface area contributed by atoms with Crippen molar-refractivity contribution in [3.63, 3.8) is 0 Å². The first-order chi connectivity index (χ1) is 11.7. The van der Waals surface area contributed by atoms with E-state index in [0.29, 0.717) is 0 Å². The van der Waals surface area contributed by atoms with Crippen molar-refractivity contribution in [2.75, 3.05) is 44.4 Å². The lowest BCUT2D eigenvalue weighted by Gasteiger charge is -2.48. The van der Waals surface area contributed by atoms with Crippen LogP contribution in [0.15, 0.2) is 24.3 Å². The Morgan fingerprint density at radius 1 is 1.21 bits per heavy atom. The van der Waals surface area contributed by atoms with Crippen molar-refractivity contribution in [1.29, 1.82) is 0 Å². The lowest BCUT2D eigenvalue weighted by molar-refractivity contribution is -0.0255. The monoisotopic (exact) mass is 348 g/mol. The molecule has 0 spiro atoms. The number of carbonyl (C=O) groups is 1. The SMILES string of the molecule is CCc1ccc(C(=O)NCC2(N3CCOCC3)CCSCC2)cc1. The van der Waals surface area contributed by atoms with Crippen LogP contribution in [0.4, 0.5) is 0 Å². The van der Waals surface area contributed by atoms with E-state index in [9.17, 15) is 4.79 Å². The number of aryl methyl sites for hydroxylation is 1. The second-order valence-corrected chi connectivity index (χ2v) is 7.89. The molecular weight excluding hydrogens is 320 g/mol. The van der Waals surface area contributed by atoms with Gasteiger partial charge < -0.3 is 10.1 Å². The van der Waals surface area contributed by atoms with Gasteiger partial charge in [-0.2, -0.15) is 11.8 Å². The highest BCUT2D eigenvalue weighted by atomic mass is 32.2. The van der Waals surface area contributed by atoms with Gasteiger partial charge in [0.1, 0.15) is 0 Å². The van der Waals surface area contributed by atoms with Gasteiger partial charge in [0.15, 0.2) is 0 Å². The molecule has 1 amide bonds. The van der Waals surface area contributed by atoms with E-state index in [4.69, 9.17) is 4.74 Å². The zero-order valence-corrected chi connectivity index (χ0v) is 15.4. The highest BCUT2D eigenvalue weighted by molar-refractivity contribution is 7.99. The van der Waals surface area contributed by atoms with Gasteiger partial charge in [-0.1, -0.05) is 19.1 Å². The number of ether oxygens (including phenoxy) is 1. The average Bonchev–Trinajstić information content (AvgIpc) is 2.67. The molecule has 5 heteroatoms. The predicted molar refractivity (Wildman–Crippen MR) is 99.8 cm³/mol. The van der Waals surface area contributed by atoms with Crippen LogP contribution in [-0.4, -0.2) is 60.7 Å². The highest BCUT2D eigenvalue weighted by Crippen LogP contribution is 2.32. The van der Waals surface area contributed by atoms with Crippen molar-refractivity contribution < 1.29 is 9.53 Å². The van der Waals surface area contributed by atoms with Crippen LogP contribution in [0, 0.1) is 0 Å². The van der Waals surface area contributed by atoms with E-state index in [1.54, 1.807) is 0 Å². The van der Waals surface area contributed by atoms with Gasteiger partial charge in [0, 0.05) is 30.7 Å². The fourth-order valence-corrected chi connectivity index (χ4v) is 4.89. The fraction of sp³-hybridized carbons (Fsp3) is 0.632. The van der Waals surface area contributed by atoms with Gasteiger partial charge in [-0.05, 0) is 48.5 Å². The van der Waals surface area contributed by atoms with Crippen molar-refractivity contribution >= 4 is 17.7 Å². The molecule has 3 rings (SSSR count).